The zero-order chi connectivity index (χ0) is 15.9. The summed E-state index contributed by atoms with van der Waals surface area (Å²) in [5.74, 6) is 0.786. The van der Waals surface area contributed by atoms with E-state index in [-0.39, 0.29) is 5.91 Å². The number of nitrogens with one attached hydrogen (secondary N) is 1. The molecule has 1 aliphatic rings. The fourth-order valence-corrected chi connectivity index (χ4v) is 2.82. The lowest BCUT2D eigenvalue weighted by molar-refractivity contribution is -0.121. The van der Waals surface area contributed by atoms with Crippen molar-refractivity contribution >= 4 is 5.91 Å². The Balaban J connectivity index is 1.64. The van der Waals surface area contributed by atoms with Crippen LogP contribution in [-0.2, 0) is 17.8 Å². The molecule has 124 valence electrons. The van der Waals surface area contributed by atoms with Gasteiger partial charge in [-0.3, -0.25) is 4.79 Å². The zero-order valence-electron chi connectivity index (χ0n) is 14.0. The van der Waals surface area contributed by atoms with Crippen LogP contribution in [0.2, 0.25) is 0 Å². The molecular weight excluding hydrogens is 280 g/mol. The van der Waals surface area contributed by atoms with Crippen LogP contribution >= 0.6 is 0 Å². The summed E-state index contributed by atoms with van der Waals surface area (Å²) >= 11 is 0. The number of nitrogens with zero attached hydrogens (tertiary/aromatic N) is 3. The Morgan fingerprint density at radius 2 is 2.41 bits per heavy atom. The van der Waals surface area contributed by atoms with Gasteiger partial charge in [0.05, 0.1) is 12.2 Å². The molecule has 6 nitrogen and oxygen atoms in total. The number of hydrogen-bond donors (Lipinski definition) is 1. The van der Waals surface area contributed by atoms with Crippen LogP contribution in [0.4, 0.5) is 0 Å². The van der Waals surface area contributed by atoms with Gasteiger partial charge in [-0.05, 0) is 33.5 Å². The summed E-state index contributed by atoms with van der Waals surface area (Å²) < 4.78 is 5.21. The monoisotopic (exact) mass is 308 g/mol. The molecular formula is C16H28N4O2. The van der Waals surface area contributed by atoms with Gasteiger partial charge in [-0.15, -0.1) is 0 Å². The maximum absolute atomic E-state index is 11.9. The van der Waals surface area contributed by atoms with Gasteiger partial charge in [0.25, 0.3) is 0 Å². The Labute approximate surface area is 132 Å². The van der Waals surface area contributed by atoms with Crippen molar-refractivity contribution in [3.63, 3.8) is 0 Å². The van der Waals surface area contributed by atoms with Gasteiger partial charge in [-0.1, -0.05) is 18.5 Å². The van der Waals surface area contributed by atoms with E-state index in [2.05, 4.69) is 41.3 Å². The molecule has 0 spiro atoms. The van der Waals surface area contributed by atoms with Crippen molar-refractivity contribution in [3.8, 4) is 0 Å². The van der Waals surface area contributed by atoms with Gasteiger partial charge in [-0.25, -0.2) is 0 Å². The highest BCUT2D eigenvalue weighted by Crippen LogP contribution is 2.12. The maximum atomic E-state index is 11.9. The molecule has 1 atom stereocenters. The van der Waals surface area contributed by atoms with E-state index in [1.807, 2.05) is 6.07 Å². The summed E-state index contributed by atoms with van der Waals surface area (Å²) in [6.45, 7) is 5.56. The van der Waals surface area contributed by atoms with Crippen LogP contribution in [-0.4, -0.2) is 60.6 Å². The highest BCUT2D eigenvalue weighted by molar-refractivity contribution is 5.75. The summed E-state index contributed by atoms with van der Waals surface area (Å²) in [6, 6.07) is 2.49. The first-order valence-corrected chi connectivity index (χ1v) is 8.18. The predicted octanol–water partition coefficient (Wildman–Crippen LogP) is 1.27. The van der Waals surface area contributed by atoms with Crippen molar-refractivity contribution in [1.29, 1.82) is 0 Å². The van der Waals surface area contributed by atoms with Crippen molar-refractivity contribution in [2.45, 2.75) is 45.2 Å². The number of rotatable bonds is 8. The third kappa shape index (κ3) is 5.10. The first-order valence-electron chi connectivity index (χ1n) is 8.18. The molecule has 1 amide bonds. The van der Waals surface area contributed by atoms with Gasteiger partial charge in [0.2, 0.25) is 5.91 Å². The van der Waals surface area contributed by atoms with Crippen molar-refractivity contribution in [2.75, 3.05) is 33.7 Å². The summed E-state index contributed by atoms with van der Waals surface area (Å²) in [7, 11) is 4.25. The standard InChI is InChI=1S/C16H28N4O2/c1-4-5-13-10-15(22-18-13)11-17-16(21)7-9-20(3)14-6-8-19(2)12-14/h10,14H,4-9,11-12H2,1-3H3,(H,17,21)/t14-/m1/s1. The summed E-state index contributed by atoms with van der Waals surface area (Å²) in [4.78, 5) is 16.5. The number of aryl methyl sites for hydroxylation is 1. The minimum Gasteiger partial charge on any atom is -0.359 e. The van der Waals surface area contributed by atoms with Crippen LogP contribution < -0.4 is 5.32 Å². The third-order valence-corrected chi connectivity index (χ3v) is 4.26. The molecule has 0 bridgehead atoms. The number of likely N-dealkylation sites (tertiary alicyclic amines) is 1. The Morgan fingerprint density at radius 1 is 1.59 bits per heavy atom. The SMILES string of the molecule is CCCc1cc(CNC(=O)CCN(C)[C@@H]2CCN(C)C2)on1. The molecule has 0 unspecified atom stereocenters. The molecule has 1 saturated heterocycles. The summed E-state index contributed by atoms with van der Waals surface area (Å²) in [5, 5.41) is 6.88. The van der Waals surface area contributed by atoms with Crippen LogP contribution in [0.25, 0.3) is 0 Å². The van der Waals surface area contributed by atoms with Crippen molar-refractivity contribution in [2.24, 2.45) is 0 Å². The molecule has 6 heteroatoms. The van der Waals surface area contributed by atoms with E-state index in [0.29, 0.717) is 19.0 Å². The van der Waals surface area contributed by atoms with E-state index in [0.717, 1.165) is 43.9 Å². The molecule has 22 heavy (non-hydrogen) atoms. The van der Waals surface area contributed by atoms with Gasteiger partial charge < -0.3 is 19.6 Å². The molecule has 0 aromatic carbocycles. The zero-order valence-corrected chi connectivity index (χ0v) is 14.0. The normalized spacial score (nSPS) is 19.0. The Hall–Kier alpha value is -1.40. The van der Waals surface area contributed by atoms with Crippen molar-refractivity contribution < 1.29 is 9.32 Å². The molecule has 2 heterocycles. The first kappa shape index (κ1) is 17.0. The molecule has 0 radical (unpaired) electrons. The highest BCUT2D eigenvalue weighted by atomic mass is 16.5. The summed E-state index contributed by atoms with van der Waals surface area (Å²) in [5.41, 5.74) is 0.955. The number of aromatic nitrogens is 1. The van der Waals surface area contributed by atoms with Gasteiger partial charge in [0.1, 0.15) is 0 Å². The van der Waals surface area contributed by atoms with Gasteiger partial charge in [-0.2, -0.15) is 0 Å². The Morgan fingerprint density at radius 3 is 3.09 bits per heavy atom. The van der Waals surface area contributed by atoms with Crippen LogP contribution in [0, 0.1) is 0 Å². The number of amides is 1. The molecule has 0 aliphatic carbocycles. The number of carbonyl (C=O) groups excluding carboxylic acids is 1. The second-order valence-electron chi connectivity index (χ2n) is 6.25. The van der Waals surface area contributed by atoms with Crippen molar-refractivity contribution in [1.82, 2.24) is 20.3 Å². The second kappa shape index (κ2) is 8.29. The van der Waals surface area contributed by atoms with Crippen LogP contribution in [0.15, 0.2) is 10.6 Å². The average Bonchev–Trinajstić information content (AvgIpc) is 3.12. The third-order valence-electron chi connectivity index (χ3n) is 4.26. The largest absolute Gasteiger partial charge is 0.359 e. The Bertz CT molecular complexity index is 474. The molecule has 1 N–H and O–H groups in total. The lowest BCUT2D eigenvalue weighted by atomic mass is 10.2. The highest BCUT2D eigenvalue weighted by Gasteiger charge is 2.23. The van der Waals surface area contributed by atoms with Crippen molar-refractivity contribution in [3.05, 3.63) is 17.5 Å². The maximum Gasteiger partial charge on any atom is 0.221 e. The number of hydrogen-bond acceptors (Lipinski definition) is 5. The van der Waals surface area contributed by atoms with E-state index in [1.165, 1.54) is 6.42 Å². The van der Waals surface area contributed by atoms with Crippen LogP contribution in [0.5, 0.6) is 0 Å². The van der Waals surface area contributed by atoms with Crippen LogP contribution in [0.3, 0.4) is 0 Å². The lowest BCUT2D eigenvalue weighted by Crippen LogP contribution is -2.36. The van der Waals surface area contributed by atoms with Gasteiger partial charge in [0, 0.05) is 31.6 Å². The van der Waals surface area contributed by atoms with Crippen LogP contribution in [0.1, 0.15) is 37.6 Å². The Kier molecular flexibility index (Phi) is 6.39. The smallest absolute Gasteiger partial charge is 0.221 e. The molecule has 2 rings (SSSR count). The molecule has 1 aliphatic heterocycles. The van der Waals surface area contributed by atoms with E-state index >= 15 is 0 Å². The predicted molar refractivity (Wildman–Crippen MR) is 85.5 cm³/mol. The average molecular weight is 308 g/mol. The van der Waals surface area contributed by atoms with Gasteiger partial charge >= 0.3 is 0 Å². The fourth-order valence-electron chi connectivity index (χ4n) is 2.82. The van der Waals surface area contributed by atoms with E-state index in [4.69, 9.17) is 4.52 Å². The first-order chi connectivity index (χ1) is 10.6. The quantitative estimate of drug-likeness (QED) is 0.783. The number of likely N-dealkylation sites (N-methyl/N-ethyl adjacent to an activating group) is 2. The van der Waals surface area contributed by atoms with E-state index < -0.39 is 0 Å². The molecule has 1 aromatic heterocycles. The summed E-state index contributed by atoms with van der Waals surface area (Å²) in [6.07, 6.45) is 3.67. The minimum atomic E-state index is 0.0617. The van der Waals surface area contributed by atoms with Gasteiger partial charge in [0.15, 0.2) is 5.76 Å². The van der Waals surface area contributed by atoms with E-state index in [9.17, 15) is 4.79 Å². The fraction of sp³-hybridized carbons (Fsp3) is 0.750. The lowest BCUT2D eigenvalue weighted by Gasteiger charge is -2.23. The molecule has 1 fully saturated rings. The minimum absolute atomic E-state index is 0.0617. The topological polar surface area (TPSA) is 61.6 Å². The van der Waals surface area contributed by atoms with E-state index in [1.54, 1.807) is 0 Å². The number of carbonyl (C=O) groups is 1. The second-order valence-corrected chi connectivity index (χ2v) is 6.25. The molecule has 0 saturated carbocycles. The molecule has 1 aromatic rings.